The molecule has 0 aliphatic carbocycles. The van der Waals surface area contributed by atoms with Gasteiger partial charge in [-0.3, -0.25) is 0 Å². The van der Waals surface area contributed by atoms with E-state index in [1.807, 2.05) is 0 Å². The first-order valence-corrected chi connectivity index (χ1v) is 10.8. The second-order valence-electron chi connectivity index (χ2n) is 8.01. The maximum absolute atomic E-state index is 2.33. The molecule has 0 saturated heterocycles. The standard InChI is InChI=1S/C29H29N/c1-23-11-17-27(18-12-23)30(28-19-13-24(2)14-20-28)29-21-15-26(16-22-29)10-6-9-25-7-4-3-5-8-25/h3-5,7-8,11-22H,6,9-10H2,1-2H3. The van der Waals surface area contributed by atoms with Gasteiger partial charge in [0.25, 0.3) is 0 Å². The van der Waals surface area contributed by atoms with Crippen LogP contribution in [0.4, 0.5) is 17.1 Å². The molecule has 0 fully saturated rings. The predicted octanol–water partition coefficient (Wildman–Crippen LogP) is 7.95. The van der Waals surface area contributed by atoms with Gasteiger partial charge >= 0.3 is 0 Å². The minimum Gasteiger partial charge on any atom is -0.311 e. The average Bonchev–Trinajstić information content (AvgIpc) is 2.78. The molecule has 30 heavy (non-hydrogen) atoms. The molecule has 0 radical (unpaired) electrons. The molecule has 0 spiro atoms. The molecule has 0 aromatic heterocycles. The Morgan fingerprint density at radius 2 is 0.867 bits per heavy atom. The average molecular weight is 392 g/mol. The number of rotatable bonds is 7. The van der Waals surface area contributed by atoms with Crippen LogP contribution in [0.25, 0.3) is 0 Å². The quantitative estimate of drug-likeness (QED) is 0.309. The van der Waals surface area contributed by atoms with Crippen LogP contribution in [0.1, 0.15) is 28.7 Å². The van der Waals surface area contributed by atoms with E-state index in [1.165, 1.54) is 45.7 Å². The van der Waals surface area contributed by atoms with Gasteiger partial charge in [0.1, 0.15) is 0 Å². The molecule has 0 atom stereocenters. The minimum atomic E-state index is 1.10. The Labute approximate surface area is 180 Å². The molecule has 4 aromatic carbocycles. The molecule has 4 aromatic rings. The van der Waals surface area contributed by atoms with Gasteiger partial charge in [-0.25, -0.2) is 0 Å². The van der Waals surface area contributed by atoms with Crippen molar-refractivity contribution in [3.8, 4) is 0 Å². The molecule has 0 bridgehead atoms. The van der Waals surface area contributed by atoms with E-state index in [4.69, 9.17) is 0 Å². The Balaban J connectivity index is 1.53. The monoisotopic (exact) mass is 391 g/mol. The predicted molar refractivity (Wildman–Crippen MR) is 129 cm³/mol. The molecule has 1 nitrogen and oxygen atoms in total. The van der Waals surface area contributed by atoms with Gasteiger partial charge in [0, 0.05) is 17.1 Å². The lowest BCUT2D eigenvalue weighted by atomic mass is 10.0. The fraction of sp³-hybridized carbons (Fsp3) is 0.172. The lowest BCUT2D eigenvalue weighted by Crippen LogP contribution is -2.10. The Morgan fingerprint density at radius 3 is 1.33 bits per heavy atom. The summed E-state index contributed by atoms with van der Waals surface area (Å²) in [5, 5.41) is 0. The molecule has 4 rings (SSSR count). The summed E-state index contributed by atoms with van der Waals surface area (Å²) in [7, 11) is 0. The van der Waals surface area contributed by atoms with Crippen molar-refractivity contribution in [1.29, 1.82) is 0 Å². The number of anilines is 3. The Bertz CT molecular complexity index is 1000. The van der Waals surface area contributed by atoms with Gasteiger partial charge in [0.05, 0.1) is 0 Å². The Morgan fingerprint density at radius 1 is 0.467 bits per heavy atom. The zero-order chi connectivity index (χ0) is 20.8. The molecule has 0 aliphatic heterocycles. The largest absolute Gasteiger partial charge is 0.311 e. The summed E-state index contributed by atoms with van der Waals surface area (Å²) in [5.41, 5.74) is 8.91. The van der Waals surface area contributed by atoms with E-state index in [2.05, 4.69) is 122 Å². The SMILES string of the molecule is Cc1ccc(N(c2ccc(C)cc2)c2ccc(CCCc3ccccc3)cc2)cc1. The van der Waals surface area contributed by atoms with E-state index in [1.54, 1.807) is 0 Å². The Hall–Kier alpha value is -3.32. The number of hydrogen-bond donors (Lipinski definition) is 0. The van der Waals surface area contributed by atoms with Gasteiger partial charge in [0.2, 0.25) is 0 Å². The molecular weight excluding hydrogens is 362 g/mol. The molecule has 0 saturated carbocycles. The van der Waals surface area contributed by atoms with Crippen molar-refractivity contribution in [1.82, 2.24) is 0 Å². The fourth-order valence-corrected chi connectivity index (χ4v) is 3.79. The first-order chi connectivity index (χ1) is 14.7. The molecule has 1 heteroatoms. The lowest BCUT2D eigenvalue weighted by molar-refractivity contribution is 0.821. The van der Waals surface area contributed by atoms with Crippen LogP contribution in [0.2, 0.25) is 0 Å². The van der Waals surface area contributed by atoms with Crippen molar-refractivity contribution in [2.45, 2.75) is 33.1 Å². The second-order valence-corrected chi connectivity index (χ2v) is 8.01. The summed E-state index contributed by atoms with van der Waals surface area (Å²) >= 11 is 0. The van der Waals surface area contributed by atoms with Crippen LogP contribution in [0.5, 0.6) is 0 Å². The summed E-state index contributed by atoms with van der Waals surface area (Å²) in [4.78, 5) is 2.33. The van der Waals surface area contributed by atoms with Crippen molar-refractivity contribution in [3.05, 3.63) is 125 Å². The molecule has 150 valence electrons. The van der Waals surface area contributed by atoms with Crippen LogP contribution in [0.15, 0.2) is 103 Å². The van der Waals surface area contributed by atoms with Gasteiger partial charge in [-0.1, -0.05) is 77.9 Å². The maximum Gasteiger partial charge on any atom is 0.0461 e. The van der Waals surface area contributed by atoms with Gasteiger partial charge in [-0.2, -0.15) is 0 Å². The number of nitrogens with zero attached hydrogens (tertiary/aromatic N) is 1. The highest BCUT2D eigenvalue weighted by Crippen LogP contribution is 2.34. The highest BCUT2D eigenvalue weighted by atomic mass is 15.1. The maximum atomic E-state index is 2.33. The van der Waals surface area contributed by atoms with Crippen LogP contribution >= 0.6 is 0 Å². The van der Waals surface area contributed by atoms with Gasteiger partial charge < -0.3 is 4.90 Å². The van der Waals surface area contributed by atoms with E-state index in [9.17, 15) is 0 Å². The van der Waals surface area contributed by atoms with Gasteiger partial charge in [-0.05, 0) is 80.6 Å². The molecular formula is C29H29N. The smallest absolute Gasteiger partial charge is 0.0461 e. The third-order valence-electron chi connectivity index (χ3n) is 5.55. The summed E-state index contributed by atoms with van der Waals surface area (Å²) in [5.74, 6) is 0. The third kappa shape index (κ3) is 4.99. The topological polar surface area (TPSA) is 3.24 Å². The summed E-state index contributed by atoms with van der Waals surface area (Å²) in [6.45, 7) is 4.26. The number of benzene rings is 4. The fourth-order valence-electron chi connectivity index (χ4n) is 3.79. The molecule has 0 aliphatic rings. The zero-order valence-corrected chi connectivity index (χ0v) is 17.9. The van der Waals surface area contributed by atoms with Crippen LogP contribution in [-0.2, 0) is 12.8 Å². The third-order valence-corrected chi connectivity index (χ3v) is 5.55. The summed E-state index contributed by atoms with van der Waals surface area (Å²) in [6, 6.07) is 37.3. The Kier molecular flexibility index (Phi) is 6.29. The van der Waals surface area contributed by atoms with Crippen molar-refractivity contribution in [2.75, 3.05) is 4.90 Å². The zero-order valence-electron chi connectivity index (χ0n) is 17.9. The van der Waals surface area contributed by atoms with Crippen molar-refractivity contribution < 1.29 is 0 Å². The summed E-state index contributed by atoms with van der Waals surface area (Å²) < 4.78 is 0. The first-order valence-electron chi connectivity index (χ1n) is 10.8. The normalized spacial score (nSPS) is 10.7. The van der Waals surface area contributed by atoms with Gasteiger partial charge in [0.15, 0.2) is 0 Å². The van der Waals surface area contributed by atoms with Crippen LogP contribution in [-0.4, -0.2) is 0 Å². The lowest BCUT2D eigenvalue weighted by Gasteiger charge is -2.26. The van der Waals surface area contributed by atoms with Crippen LogP contribution in [0, 0.1) is 13.8 Å². The van der Waals surface area contributed by atoms with E-state index in [0.29, 0.717) is 0 Å². The molecule has 0 N–H and O–H groups in total. The number of aryl methyl sites for hydroxylation is 4. The molecule has 0 amide bonds. The minimum absolute atomic E-state index is 1.10. The molecule has 0 heterocycles. The van der Waals surface area contributed by atoms with Crippen molar-refractivity contribution in [3.63, 3.8) is 0 Å². The van der Waals surface area contributed by atoms with Crippen molar-refractivity contribution in [2.24, 2.45) is 0 Å². The van der Waals surface area contributed by atoms with Crippen LogP contribution < -0.4 is 4.90 Å². The van der Waals surface area contributed by atoms with E-state index in [0.717, 1.165) is 12.8 Å². The number of hydrogen-bond acceptors (Lipinski definition) is 1. The van der Waals surface area contributed by atoms with Gasteiger partial charge in [-0.15, -0.1) is 0 Å². The highest BCUT2D eigenvalue weighted by molar-refractivity contribution is 5.76. The summed E-state index contributed by atoms with van der Waals surface area (Å²) in [6.07, 6.45) is 3.40. The van der Waals surface area contributed by atoms with Crippen LogP contribution in [0.3, 0.4) is 0 Å². The highest BCUT2D eigenvalue weighted by Gasteiger charge is 2.12. The van der Waals surface area contributed by atoms with E-state index in [-0.39, 0.29) is 0 Å². The first kappa shape index (κ1) is 20.0. The molecule has 0 unspecified atom stereocenters. The van der Waals surface area contributed by atoms with E-state index < -0.39 is 0 Å². The van der Waals surface area contributed by atoms with E-state index >= 15 is 0 Å². The second kappa shape index (κ2) is 9.45. The van der Waals surface area contributed by atoms with Crippen molar-refractivity contribution >= 4 is 17.1 Å².